The first kappa shape index (κ1) is 19.5. The van der Waals surface area contributed by atoms with Gasteiger partial charge in [-0.1, -0.05) is 30.5 Å². The Labute approximate surface area is 173 Å². The topological polar surface area (TPSA) is 79.7 Å². The van der Waals surface area contributed by atoms with Gasteiger partial charge in [0.25, 0.3) is 11.7 Å². The van der Waals surface area contributed by atoms with Crippen molar-refractivity contribution in [1.29, 1.82) is 0 Å². The molecule has 1 aromatic carbocycles. The van der Waals surface area contributed by atoms with E-state index in [9.17, 15) is 14.7 Å². The number of amides is 1. The summed E-state index contributed by atoms with van der Waals surface area (Å²) in [7, 11) is 1.49. The van der Waals surface area contributed by atoms with E-state index >= 15 is 0 Å². The van der Waals surface area contributed by atoms with Gasteiger partial charge in [0.15, 0.2) is 0 Å². The molecular formula is C22H21ClN2O4. The number of hydrogen-bond donors (Lipinski definition) is 1. The van der Waals surface area contributed by atoms with Crippen molar-refractivity contribution >= 4 is 29.1 Å². The monoisotopic (exact) mass is 412 g/mol. The van der Waals surface area contributed by atoms with Gasteiger partial charge in [-0.05, 0) is 43.2 Å². The van der Waals surface area contributed by atoms with Crippen LogP contribution in [0.3, 0.4) is 0 Å². The molecule has 29 heavy (non-hydrogen) atoms. The number of likely N-dealkylation sites (tertiary alicyclic amines) is 1. The molecule has 4 rings (SSSR count). The molecule has 1 aromatic heterocycles. The number of aliphatic hydroxyl groups excluding tert-OH is 1. The van der Waals surface area contributed by atoms with Crippen LogP contribution in [0, 0.1) is 0 Å². The number of benzene rings is 1. The minimum Gasteiger partial charge on any atom is -0.507 e. The standard InChI is InChI=1S/C22H21ClN2O4/c1-29-17-10-9-13(12-15(17)23)20(26)18-19(16-8-4-5-11-24-16)25(22(28)21(18)27)14-6-2-3-7-14/h4-5,8-12,14,19,26H,2-3,6-7H2,1H3/b20-18-. The lowest BCUT2D eigenvalue weighted by Gasteiger charge is -2.30. The molecule has 1 atom stereocenters. The van der Waals surface area contributed by atoms with Gasteiger partial charge in [0, 0.05) is 17.8 Å². The largest absolute Gasteiger partial charge is 0.507 e. The number of halogens is 1. The van der Waals surface area contributed by atoms with Gasteiger partial charge < -0.3 is 14.7 Å². The van der Waals surface area contributed by atoms with Crippen LogP contribution < -0.4 is 4.74 Å². The third-order valence-electron chi connectivity index (χ3n) is 5.59. The molecule has 1 N–H and O–H groups in total. The number of ketones is 1. The third kappa shape index (κ3) is 3.38. The van der Waals surface area contributed by atoms with Gasteiger partial charge in [-0.15, -0.1) is 0 Å². The molecule has 0 spiro atoms. The third-order valence-corrected chi connectivity index (χ3v) is 5.89. The van der Waals surface area contributed by atoms with Crippen molar-refractivity contribution in [3.8, 4) is 5.75 Å². The van der Waals surface area contributed by atoms with E-state index in [1.165, 1.54) is 13.2 Å². The van der Waals surface area contributed by atoms with E-state index in [-0.39, 0.29) is 17.4 Å². The van der Waals surface area contributed by atoms with E-state index < -0.39 is 17.7 Å². The van der Waals surface area contributed by atoms with E-state index in [2.05, 4.69) is 4.98 Å². The van der Waals surface area contributed by atoms with Gasteiger partial charge in [0.1, 0.15) is 17.6 Å². The summed E-state index contributed by atoms with van der Waals surface area (Å²) >= 11 is 6.20. The van der Waals surface area contributed by atoms with Crippen molar-refractivity contribution in [2.24, 2.45) is 0 Å². The maximum atomic E-state index is 13.0. The van der Waals surface area contributed by atoms with Gasteiger partial charge in [-0.2, -0.15) is 0 Å². The predicted molar refractivity (Wildman–Crippen MR) is 109 cm³/mol. The minimum atomic E-state index is -0.722. The molecule has 1 saturated carbocycles. The number of rotatable bonds is 4. The lowest BCUT2D eigenvalue weighted by molar-refractivity contribution is -0.141. The highest BCUT2D eigenvalue weighted by atomic mass is 35.5. The SMILES string of the molecule is COc1ccc(/C(O)=C2/C(=O)C(=O)N(C3CCCC3)C2c2ccccn2)cc1Cl. The van der Waals surface area contributed by atoms with Crippen LogP contribution in [-0.2, 0) is 9.59 Å². The second-order valence-electron chi connectivity index (χ2n) is 7.25. The average molecular weight is 413 g/mol. The summed E-state index contributed by atoms with van der Waals surface area (Å²) in [6.45, 7) is 0. The molecule has 0 radical (unpaired) electrons. The molecule has 1 aliphatic carbocycles. The van der Waals surface area contributed by atoms with Gasteiger partial charge in [0.2, 0.25) is 0 Å². The first-order chi connectivity index (χ1) is 14.0. The number of hydrogen-bond acceptors (Lipinski definition) is 5. The maximum absolute atomic E-state index is 13.0. The zero-order chi connectivity index (χ0) is 20.5. The molecule has 0 bridgehead atoms. The molecule has 1 aliphatic heterocycles. The zero-order valence-electron chi connectivity index (χ0n) is 16.0. The summed E-state index contributed by atoms with van der Waals surface area (Å²) in [5.74, 6) is -1.09. The highest BCUT2D eigenvalue weighted by Crippen LogP contribution is 2.43. The highest BCUT2D eigenvalue weighted by molar-refractivity contribution is 6.46. The van der Waals surface area contributed by atoms with Crippen LogP contribution in [-0.4, -0.2) is 39.8 Å². The van der Waals surface area contributed by atoms with Crippen molar-refractivity contribution in [3.63, 3.8) is 0 Å². The number of aliphatic hydroxyl groups is 1. The molecule has 1 amide bonds. The quantitative estimate of drug-likeness (QED) is 0.464. The van der Waals surface area contributed by atoms with Crippen LogP contribution in [0.1, 0.15) is 43.0 Å². The Hall–Kier alpha value is -2.86. The summed E-state index contributed by atoms with van der Waals surface area (Å²) in [5.41, 5.74) is 0.947. The molecule has 2 aromatic rings. The normalized spacial score (nSPS) is 21.7. The number of carbonyl (C=O) groups excluding carboxylic acids is 2. The Morgan fingerprint density at radius 2 is 1.97 bits per heavy atom. The minimum absolute atomic E-state index is 0.0387. The van der Waals surface area contributed by atoms with Crippen molar-refractivity contribution in [2.75, 3.05) is 7.11 Å². The zero-order valence-corrected chi connectivity index (χ0v) is 16.7. The fraction of sp³-hybridized carbons (Fsp3) is 0.318. The van der Waals surface area contributed by atoms with Crippen LogP contribution in [0.2, 0.25) is 5.02 Å². The smallest absolute Gasteiger partial charge is 0.295 e. The van der Waals surface area contributed by atoms with Gasteiger partial charge >= 0.3 is 0 Å². The summed E-state index contributed by atoms with van der Waals surface area (Å²) in [6, 6.07) is 9.33. The van der Waals surface area contributed by atoms with Crippen molar-refractivity contribution in [1.82, 2.24) is 9.88 Å². The Morgan fingerprint density at radius 1 is 1.21 bits per heavy atom. The molecular weight excluding hydrogens is 392 g/mol. The first-order valence-corrected chi connectivity index (χ1v) is 9.95. The second-order valence-corrected chi connectivity index (χ2v) is 7.66. The Bertz CT molecular complexity index is 984. The first-order valence-electron chi connectivity index (χ1n) is 9.58. The van der Waals surface area contributed by atoms with Crippen LogP contribution in [0.25, 0.3) is 5.76 Å². The summed E-state index contributed by atoms with van der Waals surface area (Å²) < 4.78 is 5.15. The average Bonchev–Trinajstić information content (AvgIpc) is 3.35. The van der Waals surface area contributed by atoms with Crippen LogP contribution in [0.15, 0.2) is 48.2 Å². The molecule has 2 aliphatic rings. The Balaban J connectivity index is 1.87. The van der Waals surface area contributed by atoms with Crippen molar-refractivity contribution in [2.45, 2.75) is 37.8 Å². The fourth-order valence-electron chi connectivity index (χ4n) is 4.21. The summed E-state index contributed by atoms with van der Waals surface area (Å²) in [6.07, 6.45) is 5.32. The van der Waals surface area contributed by atoms with Crippen molar-refractivity contribution in [3.05, 3.63) is 64.4 Å². The molecule has 1 saturated heterocycles. The number of nitrogens with zero attached hydrogens (tertiary/aromatic N) is 2. The Kier molecular flexibility index (Phi) is 5.28. The number of methoxy groups -OCH3 is 1. The molecule has 150 valence electrons. The van der Waals surface area contributed by atoms with E-state index in [0.29, 0.717) is 22.0 Å². The van der Waals surface area contributed by atoms with Gasteiger partial charge in [-0.25, -0.2) is 0 Å². The predicted octanol–water partition coefficient (Wildman–Crippen LogP) is 4.11. The second kappa shape index (κ2) is 7.87. The lowest BCUT2D eigenvalue weighted by atomic mass is 9.97. The van der Waals surface area contributed by atoms with Crippen LogP contribution >= 0.6 is 11.6 Å². The number of ether oxygens (including phenoxy) is 1. The van der Waals surface area contributed by atoms with E-state index in [1.807, 2.05) is 0 Å². The number of aromatic nitrogens is 1. The molecule has 7 heteroatoms. The van der Waals surface area contributed by atoms with E-state index in [4.69, 9.17) is 16.3 Å². The molecule has 1 unspecified atom stereocenters. The molecule has 2 fully saturated rings. The fourth-order valence-corrected chi connectivity index (χ4v) is 4.46. The van der Waals surface area contributed by atoms with Gasteiger partial charge in [0.05, 0.1) is 23.4 Å². The van der Waals surface area contributed by atoms with Crippen molar-refractivity contribution < 1.29 is 19.4 Å². The Morgan fingerprint density at radius 3 is 2.59 bits per heavy atom. The van der Waals surface area contributed by atoms with E-state index in [1.54, 1.807) is 41.4 Å². The van der Waals surface area contributed by atoms with E-state index in [0.717, 1.165) is 25.7 Å². The maximum Gasteiger partial charge on any atom is 0.295 e. The van der Waals surface area contributed by atoms with Gasteiger partial charge in [-0.3, -0.25) is 14.6 Å². The molecule has 2 heterocycles. The number of pyridine rings is 1. The molecule has 6 nitrogen and oxygen atoms in total. The summed E-state index contributed by atoms with van der Waals surface area (Å²) in [5, 5.41) is 11.3. The van der Waals surface area contributed by atoms with Crippen LogP contribution in [0.4, 0.5) is 0 Å². The number of carbonyl (C=O) groups is 2. The summed E-state index contributed by atoms with van der Waals surface area (Å²) in [4.78, 5) is 31.9. The number of Topliss-reactive ketones (excluding diaryl/α,β-unsaturated/α-hetero) is 1. The lowest BCUT2D eigenvalue weighted by Crippen LogP contribution is -2.37. The van der Waals surface area contributed by atoms with Crippen LogP contribution in [0.5, 0.6) is 5.75 Å². The highest BCUT2D eigenvalue weighted by Gasteiger charge is 2.49.